The molecule has 0 atom stereocenters. The van der Waals surface area contributed by atoms with Gasteiger partial charge in [0.05, 0.1) is 11.9 Å². The molecule has 0 radical (unpaired) electrons. The van der Waals surface area contributed by atoms with Crippen molar-refractivity contribution in [3.05, 3.63) is 12.5 Å². The maximum absolute atomic E-state index is 8.61. The topological polar surface area (TPSA) is 58.3 Å². The summed E-state index contributed by atoms with van der Waals surface area (Å²) in [5.41, 5.74) is 0.293. The second-order valence-corrected chi connectivity index (χ2v) is 2.00. The normalized spacial score (nSPS) is 9.90. The Hall–Kier alpha value is -0.805. The minimum Gasteiger partial charge on any atom is -0.422 e. The molecule has 4 nitrogen and oxygen atoms in total. The number of aryl methyl sites for hydroxylation is 1. The summed E-state index contributed by atoms with van der Waals surface area (Å²) in [5, 5.41) is 17.2. The van der Waals surface area contributed by atoms with Gasteiger partial charge in [-0.25, -0.2) is 4.98 Å². The van der Waals surface area contributed by atoms with E-state index in [1.165, 1.54) is 0 Å². The van der Waals surface area contributed by atoms with E-state index in [0.29, 0.717) is 5.59 Å². The van der Waals surface area contributed by atoms with E-state index in [2.05, 4.69) is 4.98 Å². The van der Waals surface area contributed by atoms with Crippen molar-refractivity contribution in [2.75, 3.05) is 0 Å². The quantitative estimate of drug-likeness (QED) is 0.495. The highest BCUT2D eigenvalue weighted by atomic mass is 16.4. The molecule has 0 spiro atoms. The third-order valence-corrected chi connectivity index (χ3v) is 1.28. The van der Waals surface area contributed by atoms with Gasteiger partial charge in [0.1, 0.15) is 0 Å². The van der Waals surface area contributed by atoms with E-state index in [-0.39, 0.29) is 0 Å². The van der Waals surface area contributed by atoms with Crippen LogP contribution in [0.25, 0.3) is 0 Å². The summed E-state index contributed by atoms with van der Waals surface area (Å²) < 4.78 is 1.77. The van der Waals surface area contributed by atoms with Gasteiger partial charge in [-0.05, 0) is 6.92 Å². The van der Waals surface area contributed by atoms with Crippen LogP contribution < -0.4 is 5.59 Å². The van der Waals surface area contributed by atoms with Crippen LogP contribution in [0.1, 0.15) is 6.92 Å². The molecule has 0 aromatic carbocycles. The largest absolute Gasteiger partial charge is 0.509 e. The van der Waals surface area contributed by atoms with Crippen LogP contribution in [0, 0.1) is 0 Å². The van der Waals surface area contributed by atoms with Gasteiger partial charge >= 0.3 is 7.12 Å². The van der Waals surface area contributed by atoms with Crippen LogP contribution in [0.15, 0.2) is 12.5 Å². The van der Waals surface area contributed by atoms with E-state index in [1.54, 1.807) is 17.1 Å². The number of hydrogen-bond acceptors (Lipinski definition) is 3. The van der Waals surface area contributed by atoms with Gasteiger partial charge in [0.15, 0.2) is 0 Å². The Bertz CT molecular complexity index is 211. The van der Waals surface area contributed by atoms with Crippen molar-refractivity contribution in [3.8, 4) is 0 Å². The predicted octanol–water partition coefficient (Wildman–Crippen LogP) is -1.42. The first-order valence-electron chi connectivity index (χ1n) is 3.12. The monoisotopic (exact) mass is 140 g/mol. The molecule has 5 heteroatoms. The Morgan fingerprint density at radius 1 is 1.70 bits per heavy atom. The zero-order valence-corrected chi connectivity index (χ0v) is 5.73. The summed E-state index contributed by atoms with van der Waals surface area (Å²) >= 11 is 0. The molecular formula is C5H9BN2O2. The first-order valence-corrected chi connectivity index (χ1v) is 3.12. The molecular weight excluding hydrogens is 131 g/mol. The third-order valence-electron chi connectivity index (χ3n) is 1.28. The smallest absolute Gasteiger partial charge is 0.422 e. The fourth-order valence-electron chi connectivity index (χ4n) is 0.684. The van der Waals surface area contributed by atoms with Gasteiger partial charge in [-0.2, -0.15) is 0 Å². The number of rotatable bonds is 2. The van der Waals surface area contributed by atoms with Gasteiger partial charge in [-0.1, -0.05) is 0 Å². The molecule has 0 bridgehead atoms. The molecule has 0 saturated heterocycles. The molecule has 1 aromatic rings. The lowest BCUT2D eigenvalue weighted by Gasteiger charge is -1.91. The Morgan fingerprint density at radius 2 is 2.40 bits per heavy atom. The second-order valence-electron chi connectivity index (χ2n) is 2.00. The predicted molar refractivity (Wildman–Crippen MR) is 37.7 cm³/mol. The Balaban J connectivity index is 2.78. The molecule has 0 amide bonds. The maximum atomic E-state index is 8.61. The molecule has 1 heterocycles. The van der Waals surface area contributed by atoms with Crippen LogP contribution in [-0.2, 0) is 6.54 Å². The van der Waals surface area contributed by atoms with Gasteiger partial charge < -0.3 is 14.6 Å². The lowest BCUT2D eigenvalue weighted by Crippen LogP contribution is -2.30. The lowest BCUT2D eigenvalue weighted by molar-refractivity contribution is 0.424. The summed E-state index contributed by atoms with van der Waals surface area (Å²) in [7, 11) is -1.45. The van der Waals surface area contributed by atoms with Gasteiger partial charge in [-0.15, -0.1) is 0 Å². The van der Waals surface area contributed by atoms with Crippen LogP contribution in [0.4, 0.5) is 0 Å². The van der Waals surface area contributed by atoms with Crippen molar-refractivity contribution in [3.63, 3.8) is 0 Å². The number of hydrogen-bond donors (Lipinski definition) is 2. The van der Waals surface area contributed by atoms with E-state index in [0.717, 1.165) is 6.54 Å². The molecule has 1 rings (SSSR count). The van der Waals surface area contributed by atoms with Gasteiger partial charge in [0.2, 0.25) is 0 Å². The molecule has 0 unspecified atom stereocenters. The highest BCUT2D eigenvalue weighted by Gasteiger charge is 2.13. The average Bonchev–Trinajstić information content (AvgIpc) is 2.34. The van der Waals surface area contributed by atoms with Crippen molar-refractivity contribution in [1.82, 2.24) is 9.55 Å². The summed E-state index contributed by atoms with van der Waals surface area (Å²) in [5.74, 6) is 0. The fourth-order valence-corrected chi connectivity index (χ4v) is 0.684. The lowest BCUT2D eigenvalue weighted by atomic mass is 9.87. The standard InChI is InChI=1S/C5H9BN2O2/c1-2-8-3-5(6(9)10)7-4-8/h3-4,9-10H,2H2,1H3. The van der Waals surface area contributed by atoms with Crippen molar-refractivity contribution in [1.29, 1.82) is 0 Å². The van der Waals surface area contributed by atoms with E-state index in [4.69, 9.17) is 10.0 Å². The van der Waals surface area contributed by atoms with Crippen molar-refractivity contribution < 1.29 is 10.0 Å². The zero-order chi connectivity index (χ0) is 7.56. The van der Waals surface area contributed by atoms with Crippen molar-refractivity contribution in [2.24, 2.45) is 0 Å². The van der Waals surface area contributed by atoms with Crippen LogP contribution in [0.3, 0.4) is 0 Å². The highest BCUT2D eigenvalue weighted by Crippen LogP contribution is 1.82. The number of nitrogens with zero attached hydrogens (tertiary/aromatic N) is 2. The summed E-state index contributed by atoms with van der Waals surface area (Å²) in [6.45, 7) is 2.74. The van der Waals surface area contributed by atoms with Crippen LogP contribution in [-0.4, -0.2) is 26.7 Å². The minimum atomic E-state index is -1.45. The molecule has 0 saturated carbocycles. The SMILES string of the molecule is CCn1cnc(B(O)O)c1. The minimum absolute atomic E-state index is 0.293. The van der Waals surface area contributed by atoms with Gasteiger partial charge in [-0.3, -0.25) is 0 Å². The van der Waals surface area contributed by atoms with Crippen molar-refractivity contribution in [2.45, 2.75) is 13.5 Å². The third kappa shape index (κ3) is 1.37. The van der Waals surface area contributed by atoms with Gasteiger partial charge in [0, 0.05) is 12.7 Å². The molecule has 2 N–H and O–H groups in total. The van der Waals surface area contributed by atoms with Crippen LogP contribution >= 0.6 is 0 Å². The second kappa shape index (κ2) is 2.85. The van der Waals surface area contributed by atoms with Crippen LogP contribution in [0.5, 0.6) is 0 Å². The maximum Gasteiger partial charge on any atom is 0.509 e. The molecule has 0 aliphatic rings. The number of imidazole rings is 1. The average molecular weight is 140 g/mol. The Kier molecular flexibility index (Phi) is 2.08. The van der Waals surface area contributed by atoms with E-state index >= 15 is 0 Å². The van der Waals surface area contributed by atoms with E-state index < -0.39 is 7.12 Å². The van der Waals surface area contributed by atoms with Crippen LogP contribution in [0.2, 0.25) is 0 Å². The molecule has 0 fully saturated rings. The van der Waals surface area contributed by atoms with Gasteiger partial charge in [0.25, 0.3) is 0 Å². The molecule has 54 valence electrons. The van der Waals surface area contributed by atoms with E-state index in [9.17, 15) is 0 Å². The van der Waals surface area contributed by atoms with E-state index in [1.807, 2.05) is 6.92 Å². The fraction of sp³-hybridized carbons (Fsp3) is 0.400. The Morgan fingerprint density at radius 3 is 2.70 bits per heavy atom. The molecule has 0 aliphatic carbocycles. The first-order chi connectivity index (χ1) is 4.74. The summed E-state index contributed by atoms with van der Waals surface area (Å²) in [6.07, 6.45) is 3.17. The molecule has 10 heavy (non-hydrogen) atoms. The molecule has 1 aromatic heterocycles. The number of aromatic nitrogens is 2. The summed E-state index contributed by atoms with van der Waals surface area (Å²) in [4.78, 5) is 3.75. The highest BCUT2D eigenvalue weighted by molar-refractivity contribution is 6.57. The zero-order valence-electron chi connectivity index (χ0n) is 5.73. The first kappa shape index (κ1) is 7.30. The summed E-state index contributed by atoms with van der Waals surface area (Å²) in [6, 6.07) is 0. The Labute approximate surface area is 59.3 Å². The van der Waals surface area contributed by atoms with Crippen molar-refractivity contribution >= 4 is 12.7 Å². The molecule has 0 aliphatic heterocycles.